The molecule has 0 heterocycles. The number of halogens is 1. The zero-order chi connectivity index (χ0) is 16.0. The quantitative estimate of drug-likeness (QED) is 0.813. The molecule has 0 radical (unpaired) electrons. The molecule has 4 nitrogen and oxygen atoms in total. The smallest absolute Gasteiger partial charge is 0.260 e. The first kappa shape index (κ1) is 17.4. The maximum atomic E-state index is 14.1. The lowest BCUT2D eigenvalue weighted by molar-refractivity contribution is -0.127. The van der Waals surface area contributed by atoms with Crippen LogP contribution in [-0.2, 0) is 4.79 Å². The second-order valence-electron chi connectivity index (χ2n) is 5.39. The van der Waals surface area contributed by atoms with Crippen LogP contribution < -0.4 is 15.4 Å². The number of carbonyl (C=O) groups excluding carboxylic acids is 1. The van der Waals surface area contributed by atoms with Gasteiger partial charge < -0.3 is 15.4 Å². The topological polar surface area (TPSA) is 50.4 Å². The van der Waals surface area contributed by atoms with Gasteiger partial charge in [-0.05, 0) is 51.9 Å². The van der Waals surface area contributed by atoms with Crippen molar-refractivity contribution in [2.45, 2.75) is 52.8 Å². The van der Waals surface area contributed by atoms with E-state index in [4.69, 9.17) is 4.74 Å². The molecular formula is C16H25FN2O2. The molecule has 5 heteroatoms. The van der Waals surface area contributed by atoms with Gasteiger partial charge in [-0.3, -0.25) is 4.79 Å². The van der Waals surface area contributed by atoms with Crippen molar-refractivity contribution in [3.05, 3.63) is 29.6 Å². The number of benzene rings is 1. The molecule has 0 aliphatic heterocycles. The lowest BCUT2D eigenvalue weighted by Gasteiger charge is -2.18. The van der Waals surface area contributed by atoms with Crippen molar-refractivity contribution in [1.29, 1.82) is 0 Å². The minimum absolute atomic E-state index is 0.0248. The molecule has 0 fully saturated rings. The number of rotatable bonds is 7. The summed E-state index contributed by atoms with van der Waals surface area (Å²) in [5.74, 6) is -0.621. The molecule has 0 saturated carbocycles. The molecule has 21 heavy (non-hydrogen) atoms. The molecule has 2 unspecified atom stereocenters. The molecule has 1 rings (SSSR count). The number of carbonyl (C=O) groups is 1. The Morgan fingerprint density at radius 2 is 1.95 bits per heavy atom. The van der Waals surface area contributed by atoms with Gasteiger partial charge in [0.1, 0.15) is 0 Å². The Morgan fingerprint density at radius 1 is 1.29 bits per heavy atom. The number of hydrogen-bond acceptors (Lipinski definition) is 3. The van der Waals surface area contributed by atoms with Crippen LogP contribution in [0.1, 0.15) is 46.2 Å². The molecule has 0 aliphatic rings. The summed E-state index contributed by atoms with van der Waals surface area (Å²) < 4.78 is 19.4. The van der Waals surface area contributed by atoms with Gasteiger partial charge in [-0.2, -0.15) is 0 Å². The van der Waals surface area contributed by atoms with E-state index in [1.54, 1.807) is 19.1 Å². The van der Waals surface area contributed by atoms with Gasteiger partial charge in [0.2, 0.25) is 0 Å². The summed E-state index contributed by atoms with van der Waals surface area (Å²) in [4.78, 5) is 11.8. The third-order valence-corrected chi connectivity index (χ3v) is 3.07. The third kappa shape index (κ3) is 5.34. The summed E-state index contributed by atoms with van der Waals surface area (Å²) in [5, 5.41) is 5.95. The van der Waals surface area contributed by atoms with Crippen LogP contribution in [0.2, 0.25) is 0 Å². The summed E-state index contributed by atoms with van der Waals surface area (Å²) in [6.45, 7) is 10.1. The zero-order valence-corrected chi connectivity index (χ0v) is 13.4. The fourth-order valence-corrected chi connectivity index (χ4v) is 1.95. The summed E-state index contributed by atoms with van der Waals surface area (Å²) in [6.07, 6.45) is -0.737. The predicted molar refractivity (Wildman–Crippen MR) is 81.9 cm³/mol. The summed E-state index contributed by atoms with van der Waals surface area (Å²) >= 11 is 0. The van der Waals surface area contributed by atoms with Crippen molar-refractivity contribution in [2.24, 2.45) is 0 Å². The molecule has 0 bridgehead atoms. The largest absolute Gasteiger partial charge is 0.478 e. The van der Waals surface area contributed by atoms with E-state index < -0.39 is 11.9 Å². The monoisotopic (exact) mass is 296 g/mol. The summed E-state index contributed by atoms with van der Waals surface area (Å²) in [5.41, 5.74) is 0.848. The number of hydrogen-bond donors (Lipinski definition) is 2. The molecule has 0 aliphatic carbocycles. The first-order chi connectivity index (χ1) is 9.85. The molecule has 2 N–H and O–H groups in total. The molecular weight excluding hydrogens is 271 g/mol. The Labute approximate surface area is 126 Å². The Kier molecular flexibility index (Phi) is 6.62. The van der Waals surface area contributed by atoms with Crippen molar-refractivity contribution in [1.82, 2.24) is 10.6 Å². The van der Waals surface area contributed by atoms with Crippen LogP contribution in [0.5, 0.6) is 5.75 Å². The first-order valence-corrected chi connectivity index (χ1v) is 7.35. The van der Waals surface area contributed by atoms with Crippen molar-refractivity contribution in [3.8, 4) is 5.75 Å². The number of ether oxygens (including phenoxy) is 1. The van der Waals surface area contributed by atoms with Crippen LogP contribution in [0.4, 0.5) is 4.39 Å². The molecule has 1 amide bonds. The predicted octanol–water partition coefficient (Wildman–Crippen LogP) is 2.79. The minimum atomic E-state index is -0.737. The fraction of sp³-hybridized carbons (Fsp3) is 0.562. The van der Waals surface area contributed by atoms with Gasteiger partial charge in [0.15, 0.2) is 17.7 Å². The third-order valence-electron chi connectivity index (χ3n) is 3.07. The first-order valence-electron chi connectivity index (χ1n) is 7.35. The normalized spacial score (nSPS) is 13.9. The van der Waals surface area contributed by atoms with Crippen LogP contribution in [0.25, 0.3) is 0 Å². The average molecular weight is 296 g/mol. The molecule has 0 spiro atoms. The molecule has 118 valence electrons. The highest BCUT2D eigenvalue weighted by molar-refractivity contribution is 5.80. The van der Waals surface area contributed by atoms with Crippen molar-refractivity contribution < 1.29 is 13.9 Å². The van der Waals surface area contributed by atoms with E-state index in [9.17, 15) is 9.18 Å². The molecule has 1 aromatic carbocycles. The van der Waals surface area contributed by atoms with E-state index in [2.05, 4.69) is 10.6 Å². The van der Waals surface area contributed by atoms with E-state index in [-0.39, 0.29) is 23.7 Å². The molecule has 0 aromatic heterocycles. The van der Waals surface area contributed by atoms with Gasteiger partial charge in [-0.15, -0.1) is 0 Å². The van der Waals surface area contributed by atoms with Gasteiger partial charge in [0, 0.05) is 12.1 Å². The van der Waals surface area contributed by atoms with Crippen molar-refractivity contribution in [3.63, 3.8) is 0 Å². The lowest BCUT2D eigenvalue weighted by Crippen LogP contribution is -2.40. The second-order valence-corrected chi connectivity index (χ2v) is 5.39. The Bertz CT molecular complexity index is 477. The van der Waals surface area contributed by atoms with E-state index in [0.717, 1.165) is 12.1 Å². The van der Waals surface area contributed by atoms with Crippen LogP contribution in [0.15, 0.2) is 18.2 Å². The SMILES string of the molecule is CCNC(C)c1ccc(OC(C)C(=O)NC(C)C)c(F)c1. The van der Waals surface area contributed by atoms with Crippen molar-refractivity contribution in [2.75, 3.05) is 6.54 Å². The Hall–Kier alpha value is -1.62. The van der Waals surface area contributed by atoms with Crippen LogP contribution in [-0.4, -0.2) is 24.6 Å². The highest BCUT2D eigenvalue weighted by Crippen LogP contribution is 2.23. The number of amides is 1. The maximum absolute atomic E-state index is 14.1. The van der Waals surface area contributed by atoms with Gasteiger partial charge in [-0.25, -0.2) is 4.39 Å². The Morgan fingerprint density at radius 3 is 2.48 bits per heavy atom. The lowest BCUT2D eigenvalue weighted by atomic mass is 10.1. The van der Waals surface area contributed by atoms with Crippen LogP contribution in [0, 0.1) is 5.82 Å². The molecule has 1 aromatic rings. The second kappa shape index (κ2) is 7.98. The average Bonchev–Trinajstić information content (AvgIpc) is 2.40. The minimum Gasteiger partial charge on any atom is -0.478 e. The van der Waals surface area contributed by atoms with E-state index in [1.807, 2.05) is 27.7 Å². The maximum Gasteiger partial charge on any atom is 0.260 e. The molecule has 2 atom stereocenters. The molecule has 0 saturated heterocycles. The van der Waals surface area contributed by atoms with E-state index >= 15 is 0 Å². The number of nitrogens with one attached hydrogen (secondary N) is 2. The zero-order valence-electron chi connectivity index (χ0n) is 13.4. The van der Waals surface area contributed by atoms with Crippen LogP contribution in [0.3, 0.4) is 0 Å². The van der Waals surface area contributed by atoms with Gasteiger partial charge >= 0.3 is 0 Å². The standard InChI is InChI=1S/C16H25FN2O2/c1-6-18-11(4)13-7-8-15(14(17)9-13)21-12(5)16(20)19-10(2)3/h7-12,18H,6H2,1-5H3,(H,19,20). The van der Waals surface area contributed by atoms with E-state index in [1.165, 1.54) is 6.07 Å². The van der Waals surface area contributed by atoms with Crippen LogP contribution >= 0.6 is 0 Å². The highest BCUT2D eigenvalue weighted by atomic mass is 19.1. The summed E-state index contributed by atoms with van der Waals surface area (Å²) in [6, 6.07) is 4.91. The van der Waals surface area contributed by atoms with E-state index in [0.29, 0.717) is 0 Å². The fourth-order valence-electron chi connectivity index (χ4n) is 1.95. The van der Waals surface area contributed by atoms with Gasteiger partial charge in [0.05, 0.1) is 0 Å². The van der Waals surface area contributed by atoms with Gasteiger partial charge in [-0.1, -0.05) is 13.0 Å². The van der Waals surface area contributed by atoms with Gasteiger partial charge in [0.25, 0.3) is 5.91 Å². The van der Waals surface area contributed by atoms with Crippen molar-refractivity contribution >= 4 is 5.91 Å². The highest BCUT2D eigenvalue weighted by Gasteiger charge is 2.18. The Balaban J connectivity index is 2.74. The summed E-state index contributed by atoms with van der Waals surface area (Å²) in [7, 11) is 0.